The summed E-state index contributed by atoms with van der Waals surface area (Å²) >= 11 is 0. The van der Waals surface area contributed by atoms with E-state index in [1.165, 1.54) is 0 Å². The second-order valence-corrected chi connectivity index (χ2v) is 5.10. The molecular weight excluding hydrogens is 256 g/mol. The van der Waals surface area contributed by atoms with E-state index >= 15 is 0 Å². The minimum absolute atomic E-state index is 0.00543. The van der Waals surface area contributed by atoms with Gasteiger partial charge in [-0.1, -0.05) is 0 Å². The van der Waals surface area contributed by atoms with Crippen LogP contribution in [0.5, 0.6) is 0 Å². The highest BCUT2D eigenvalue weighted by Gasteiger charge is 2.21. The Balaban J connectivity index is 2.25. The molecule has 0 atom stereocenters. The summed E-state index contributed by atoms with van der Waals surface area (Å²) in [6.07, 6.45) is 0. The molecule has 0 radical (unpaired) electrons. The van der Waals surface area contributed by atoms with Gasteiger partial charge in [0.25, 0.3) is 5.56 Å². The minimum Gasteiger partial charge on any atom is -0.340 e. The lowest BCUT2D eigenvalue weighted by atomic mass is 10.3. The Hall–Kier alpha value is -1.89. The van der Waals surface area contributed by atoms with Crippen molar-refractivity contribution in [3.63, 3.8) is 0 Å². The summed E-state index contributed by atoms with van der Waals surface area (Å²) in [4.78, 5) is 19.6. The van der Waals surface area contributed by atoms with E-state index in [0.29, 0.717) is 12.1 Å². The molecule has 3 heterocycles. The van der Waals surface area contributed by atoms with Crippen molar-refractivity contribution >= 4 is 17.0 Å². The van der Waals surface area contributed by atoms with Crippen LogP contribution in [0.1, 0.15) is 12.6 Å². The zero-order valence-electron chi connectivity index (χ0n) is 12.2. The molecule has 0 aromatic carbocycles. The van der Waals surface area contributed by atoms with E-state index in [1.807, 2.05) is 13.8 Å². The number of anilines is 1. The predicted octanol–water partition coefficient (Wildman–Crippen LogP) is -0.132. The van der Waals surface area contributed by atoms with Crippen LogP contribution in [0.15, 0.2) is 4.79 Å². The Labute approximate surface area is 117 Å². The molecule has 1 saturated heterocycles. The topological polar surface area (TPSA) is 68.0 Å². The Bertz CT molecular complexity index is 695. The standard InChI is InChI=1S/C13H20N6O/c1-4-19-12(20)11-10(9(2)16-17(11)3)15-13(19)18-7-5-14-6-8-18/h14H,4-8H2,1-3H3. The van der Waals surface area contributed by atoms with E-state index in [4.69, 9.17) is 4.98 Å². The number of piperazine rings is 1. The van der Waals surface area contributed by atoms with Gasteiger partial charge in [0.2, 0.25) is 5.95 Å². The van der Waals surface area contributed by atoms with Gasteiger partial charge >= 0.3 is 0 Å². The molecular formula is C13H20N6O. The van der Waals surface area contributed by atoms with Crippen LogP contribution >= 0.6 is 0 Å². The van der Waals surface area contributed by atoms with Crippen LogP contribution in [-0.2, 0) is 13.6 Å². The summed E-state index contributed by atoms with van der Waals surface area (Å²) < 4.78 is 3.38. The van der Waals surface area contributed by atoms with E-state index in [1.54, 1.807) is 16.3 Å². The fourth-order valence-electron chi connectivity index (χ4n) is 2.79. The van der Waals surface area contributed by atoms with Gasteiger partial charge < -0.3 is 10.2 Å². The summed E-state index contributed by atoms with van der Waals surface area (Å²) in [5.74, 6) is 0.766. The second kappa shape index (κ2) is 4.90. The van der Waals surface area contributed by atoms with E-state index in [2.05, 4.69) is 15.3 Å². The largest absolute Gasteiger partial charge is 0.340 e. The Morgan fingerprint density at radius 1 is 1.30 bits per heavy atom. The Morgan fingerprint density at radius 3 is 2.65 bits per heavy atom. The molecule has 7 nitrogen and oxygen atoms in total. The van der Waals surface area contributed by atoms with Crippen molar-refractivity contribution in [2.45, 2.75) is 20.4 Å². The van der Waals surface area contributed by atoms with Gasteiger partial charge in [-0.2, -0.15) is 5.10 Å². The molecule has 0 amide bonds. The van der Waals surface area contributed by atoms with Crippen molar-refractivity contribution in [1.82, 2.24) is 24.6 Å². The molecule has 1 fully saturated rings. The van der Waals surface area contributed by atoms with Crippen LogP contribution in [0, 0.1) is 6.92 Å². The van der Waals surface area contributed by atoms with Crippen LogP contribution in [-0.4, -0.2) is 45.5 Å². The second-order valence-electron chi connectivity index (χ2n) is 5.10. The van der Waals surface area contributed by atoms with E-state index in [0.717, 1.165) is 43.3 Å². The van der Waals surface area contributed by atoms with Gasteiger partial charge in [-0.05, 0) is 13.8 Å². The van der Waals surface area contributed by atoms with Crippen molar-refractivity contribution < 1.29 is 0 Å². The summed E-state index contributed by atoms with van der Waals surface area (Å²) in [6, 6.07) is 0. The molecule has 20 heavy (non-hydrogen) atoms. The molecule has 0 aliphatic carbocycles. The Morgan fingerprint density at radius 2 is 2.00 bits per heavy atom. The quantitative estimate of drug-likeness (QED) is 0.827. The van der Waals surface area contributed by atoms with E-state index in [-0.39, 0.29) is 5.56 Å². The molecule has 1 aliphatic heterocycles. The molecule has 3 rings (SSSR count). The van der Waals surface area contributed by atoms with Crippen LogP contribution in [0.4, 0.5) is 5.95 Å². The highest BCUT2D eigenvalue weighted by molar-refractivity contribution is 5.77. The van der Waals surface area contributed by atoms with E-state index in [9.17, 15) is 4.79 Å². The third-order valence-corrected chi connectivity index (χ3v) is 3.81. The number of nitrogens with one attached hydrogen (secondary N) is 1. The SMILES string of the molecule is CCn1c(N2CCNCC2)nc2c(C)nn(C)c2c1=O. The predicted molar refractivity (Wildman–Crippen MR) is 78.3 cm³/mol. The number of aromatic nitrogens is 4. The van der Waals surface area contributed by atoms with Crippen molar-refractivity contribution in [2.24, 2.45) is 7.05 Å². The zero-order valence-corrected chi connectivity index (χ0v) is 12.2. The lowest BCUT2D eigenvalue weighted by Gasteiger charge is -2.29. The maximum Gasteiger partial charge on any atom is 0.281 e. The third-order valence-electron chi connectivity index (χ3n) is 3.81. The summed E-state index contributed by atoms with van der Waals surface area (Å²) in [5, 5.41) is 7.64. The van der Waals surface area contributed by atoms with Gasteiger partial charge in [-0.25, -0.2) is 4.98 Å². The number of rotatable bonds is 2. The van der Waals surface area contributed by atoms with Crippen LogP contribution in [0.3, 0.4) is 0 Å². The third kappa shape index (κ3) is 1.89. The van der Waals surface area contributed by atoms with Crippen LogP contribution in [0.2, 0.25) is 0 Å². The van der Waals surface area contributed by atoms with Gasteiger partial charge in [-0.3, -0.25) is 14.0 Å². The van der Waals surface area contributed by atoms with Gasteiger partial charge in [0, 0.05) is 39.8 Å². The highest BCUT2D eigenvalue weighted by Crippen LogP contribution is 2.17. The fourth-order valence-corrected chi connectivity index (χ4v) is 2.79. The highest BCUT2D eigenvalue weighted by atomic mass is 16.1. The van der Waals surface area contributed by atoms with Gasteiger partial charge in [0.15, 0.2) is 5.52 Å². The number of nitrogens with zero attached hydrogens (tertiary/aromatic N) is 5. The van der Waals surface area contributed by atoms with Gasteiger partial charge in [0.05, 0.1) is 5.69 Å². The number of hydrogen-bond donors (Lipinski definition) is 1. The zero-order chi connectivity index (χ0) is 14.3. The maximum atomic E-state index is 12.7. The molecule has 108 valence electrons. The van der Waals surface area contributed by atoms with E-state index < -0.39 is 0 Å². The van der Waals surface area contributed by atoms with Crippen molar-refractivity contribution in [2.75, 3.05) is 31.1 Å². The molecule has 0 bridgehead atoms. The molecule has 0 unspecified atom stereocenters. The first-order valence-electron chi connectivity index (χ1n) is 7.03. The smallest absolute Gasteiger partial charge is 0.281 e. The molecule has 0 saturated carbocycles. The fraction of sp³-hybridized carbons (Fsp3) is 0.615. The number of aryl methyl sites for hydroxylation is 2. The van der Waals surface area contributed by atoms with Crippen molar-refractivity contribution in [3.8, 4) is 0 Å². The summed E-state index contributed by atoms with van der Waals surface area (Å²) in [7, 11) is 1.79. The average molecular weight is 276 g/mol. The molecule has 1 aliphatic rings. The van der Waals surface area contributed by atoms with Crippen molar-refractivity contribution in [3.05, 3.63) is 16.0 Å². The molecule has 2 aromatic heterocycles. The molecule has 7 heteroatoms. The first kappa shape index (κ1) is 13.1. The maximum absolute atomic E-state index is 12.7. The van der Waals surface area contributed by atoms with Crippen molar-refractivity contribution in [1.29, 1.82) is 0 Å². The van der Waals surface area contributed by atoms with Crippen LogP contribution < -0.4 is 15.8 Å². The lowest BCUT2D eigenvalue weighted by Crippen LogP contribution is -2.46. The lowest BCUT2D eigenvalue weighted by molar-refractivity contribution is 0.560. The Kier molecular flexibility index (Phi) is 3.21. The van der Waals surface area contributed by atoms with Gasteiger partial charge in [0.1, 0.15) is 5.52 Å². The van der Waals surface area contributed by atoms with Crippen LogP contribution in [0.25, 0.3) is 11.0 Å². The molecule has 1 N–H and O–H groups in total. The number of hydrogen-bond acceptors (Lipinski definition) is 5. The first-order chi connectivity index (χ1) is 9.63. The average Bonchev–Trinajstić information content (AvgIpc) is 2.74. The first-order valence-corrected chi connectivity index (χ1v) is 7.03. The minimum atomic E-state index is -0.00543. The molecule has 0 spiro atoms. The summed E-state index contributed by atoms with van der Waals surface area (Å²) in [5.41, 5.74) is 2.10. The number of fused-ring (bicyclic) bond motifs is 1. The monoisotopic (exact) mass is 276 g/mol. The van der Waals surface area contributed by atoms with Gasteiger partial charge in [-0.15, -0.1) is 0 Å². The summed E-state index contributed by atoms with van der Waals surface area (Å²) in [6.45, 7) is 8.07. The molecule has 2 aromatic rings. The normalized spacial score (nSPS) is 16.1.